The minimum Gasteiger partial charge on any atom is -0.461 e. The molecule has 0 N–H and O–H groups in total. The van der Waals surface area contributed by atoms with Gasteiger partial charge in [0.2, 0.25) is 0 Å². The summed E-state index contributed by atoms with van der Waals surface area (Å²) >= 11 is 0. The second-order valence-corrected chi connectivity index (χ2v) is 7.39. The van der Waals surface area contributed by atoms with Gasteiger partial charge in [-0.1, -0.05) is 18.6 Å². The standard InChI is InChI=1S/C20H22O4/c1-12-2-5-17-16(10-20(22)24-18(17)6-12)11-23-19(21)9-15-8-13-3-4-14(15)7-13/h2,5-6,10,13-15H,3-4,7-9,11H2,1H3/t13-,14-,15+/m0/s1. The van der Waals surface area contributed by atoms with E-state index in [1.54, 1.807) is 0 Å². The lowest BCUT2D eigenvalue weighted by Gasteiger charge is -2.20. The molecule has 4 rings (SSSR count). The molecule has 1 aromatic carbocycles. The largest absolute Gasteiger partial charge is 0.461 e. The molecule has 0 aliphatic heterocycles. The van der Waals surface area contributed by atoms with Crippen molar-refractivity contribution >= 4 is 16.9 Å². The SMILES string of the molecule is Cc1ccc2c(COC(=O)C[C@H]3C[C@H]4CC[C@H]3C4)cc(=O)oc2c1. The number of carbonyl (C=O) groups is 1. The second-order valence-electron chi connectivity index (χ2n) is 7.39. The fourth-order valence-corrected chi connectivity index (χ4v) is 4.51. The Hall–Kier alpha value is -2.10. The third-order valence-corrected chi connectivity index (χ3v) is 5.69. The summed E-state index contributed by atoms with van der Waals surface area (Å²) in [5, 5.41) is 0.827. The normalized spacial score (nSPS) is 25.3. The van der Waals surface area contributed by atoms with Crippen LogP contribution in [0.4, 0.5) is 0 Å². The van der Waals surface area contributed by atoms with Crippen LogP contribution in [-0.2, 0) is 16.1 Å². The minimum atomic E-state index is -0.410. The zero-order valence-corrected chi connectivity index (χ0v) is 13.9. The average molecular weight is 326 g/mol. The van der Waals surface area contributed by atoms with Crippen LogP contribution in [0.1, 0.15) is 43.2 Å². The predicted octanol–water partition coefficient (Wildman–Crippen LogP) is 3.97. The Morgan fingerprint density at radius 3 is 2.88 bits per heavy atom. The molecule has 0 spiro atoms. The molecule has 0 radical (unpaired) electrons. The van der Waals surface area contributed by atoms with Gasteiger partial charge in [-0.15, -0.1) is 0 Å². The lowest BCUT2D eigenvalue weighted by atomic mass is 9.86. The van der Waals surface area contributed by atoms with Gasteiger partial charge in [0.1, 0.15) is 12.2 Å². The first-order chi connectivity index (χ1) is 11.6. The van der Waals surface area contributed by atoms with Gasteiger partial charge in [-0.3, -0.25) is 4.79 Å². The summed E-state index contributed by atoms with van der Waals surface area (Å²) in [6.07, 6.45) is 5.59. The van der Waals surface area contributed by atoms with E-state index in [1.165, 1.54) is 31.7 Å². The molecule has 2 aliphatic carbocycles. The summed E-state index contributed by atoms with van der Waals surface area (Å²) in [4.78, 5) is 23.9. The van der Waals surface area contributed by atoms with Gasteiger partial charge in [0.05, 0.1) is 0 Å². The number of ether oxygens (including phenoxy) is 1. The van der Waals surface area contributed by atoms with Crippen LogP contribution in [0.3, 0.4) is 0 Å². The number of fused-ring (bicyclic) bond motifs is 3. The molecule has 2 aromatic rings. The maximum absolute atomic E-state index is 12.2. The van der Waals surface area contributed by atoms with Crippen LogP contribution in [-0.4, -0.2) is 5.97 Å². The van der Waals surface area contributed by atoms with E-state index in [9.17, 15) is 9.59 Å². The molecule has 2 aliphatic rings. The van der Waals surface area contributed by atoms with Crippen LogP contribution in [0.2, 0.25) is 0 Å². The van der Waals surface area contributed by atoms with Gasteiger partial charge < -0.3 is 9.15 Å². The Morgan fingerprint density at radius 1 is 1.25 bits per heavy atom. The van der Waals surface area contributed by atoms with Crippen molar-refractivity contribution in [3.63, 3.8) is 0 Å². The summed E-state index contributed by atoms with van der Waals surface area (Å²) in [6, 6.07) is 7.12. The lowest BCUT2D eigenvalue weighted by molar-refractivity contribution is -0.146. The topological polar surface area (TPSA) is 56.5 Å². The number of benzene rings is 1. The van der Waals surface area contributed by atoms with Crippen LogP contribution in [0, 0.1) is 24.7 Å². The van der Waals surface area contributed by atoms with Crippen molar-refractivity contribution < 1.29 is 13.9 Å². The smallest absolute Gasteiger partial charge is 0.336 e. The van der Waals surface area contributed by atoms with Gasteiger partial charge in [-0.25, -0.2) is 4.79 Å². The highest BCUT2D eigenvalue weighted by Gasteiger charge is 2.40. The molecule has 4 heteroatoms. The number of esters is 1. The number of aryl methyl sites for hydroxylation is 1. The molecule has 4 nitrogen and oxygen atoms in total. The molecule has 1 aromatic heterocycles. The Labute approximate surface area is 140 Å². The van der Waals surface area contributed by atoms with Gasteiger partial charge in [0.15, 0.2) is 0 Å². The summed E-state index contributed by atoms with van der Waals surface area (Å²) in [5.41, 5.74) is 1.87. The van der Waals surface area contributed by atoms with Gasteiger partial charge in [-0.2, -0.15) is 0 Å². The monoisotopic (exact) mass is 326 g/mol. The van der Waals surface area contributed by atoms with E-state index in [1.807, 2.05) is 25.1 Å². The number of hydrogen-bond acceptors (Lipinski definition) is 4. The van der Waals surface area contributed by atoms with E-state index in [-0.39, 0.29) is 12.6 Å². The third kappa shape index (κ3) is 2.97. The van der Waals surface area contributed by atoms with Crippen LogP contribution in [0.15, 0.2) is 33.5 Å². The first-order valence-electron chi connectivity index (χ1n) is 8.77. The fraction of sp³-hybridized carbons (Fsp3) is 0.500. The maximum Gasteiger partial charge on any atom is 0.336 e. The van der Waals surface area contributed by atoms with Crippen LogP contribution in [0.25, 0.3) is 11.0 Å². The highest BCUT2D eigenvalue weighted by atomic mass is 16.5. The first-order valence-corrected chi connectivity index (χ1v) is 8.77. The van der Waals surface area contributed by atoms with Crippen molar-refractivity contribution in [1.82, 2.24) is 0 Å². The Morgan fingerprint density at radius 2 is 2.12 bits per heavy atom. The summed E-state index contributed by atoms with van der Waals surface area (Å²) in [6.45, 7) is 2.08. The molecule has 24 heavy (non-hydrogen) atoms. The Kier molecular flexibility index (Phi) is 3.91. The van der Waals surface area contributed by atoms with Crippen molar-refractivity contribution in [2.24, 2.45) is 17.8 Å². The van der Waals surface area contributed by atoms with Crippen LogP contribution >= 0.6 is 0 Å². The summed E-state index contributed by atoms with van der Waals surface area (Å²) in [5.74, 6) is 1.89. The van der Waals surface area contributed by atoms with Crippen molar-refractivity contribution in [3.8, 4) is 0 Å². The van der Waals surface area contributed by atoms with E-state index in [2.05, 4.69) is 0 Å². The molecular weight excluding hydrogens is 304 g/mol. The molecule has 3 atom stereocenters. The van der Waals surface area contributed by atoms with Crippen LogP contribution in [0.5, 0.6) is 0 Å². The van der Waals surface area contributed by atoms with Gasteiger partial charge >= 0.3 is 11.6 Å². The fourth-order valence-electron chi connectivity index (χ4n) is 4.51. The maximum atomic E-state index is 12.2. The number of carbonyl (C=O) groups excluding carboxylic acids is 1. The molecule has 2 fully saturated rings. The molecule has 0 unspecified atom stereocenters. The predicted molar refractivity (Wildman–Crippen MR) is 90.6 cm³/mol. The Balaban J connectivity index is 1.44. The van der Waals surface area contributed by atoms with E-state index in [0.717, 1.165) is 22.8 Å². The molecule has 0 amide bonds. The first kappa shape index (κ1) is 15.4. The number of hydrogen-bond donors (Lipinski definition) is 0. The van der Waals surface area contributed by atoms with Gasteiger partial charge in [0.25, 0.3) is 0 Å². The van der Waals surface area contributed by atoms with Gasteiger partial charge in [0, 0.05) is 23.4 Å². The average Bonchev–Trinajstić information content (AvgIpc) is 3.14. The highest BCUT2D eigenvalue weighted by Crippen LogP contribution is 2.49. The third-order valence-electron chi connectivity index (χ3n) is 5.69. The van der Waals surface area contributed by atoms with E-state index in [0.29, 0.717) is 23.5 Å². The second kappa shape index (κ2) is 6.08. The zero-order valence-electron chi connectivity index (χ0n) is 13.9. The van der Waals surface area contributed by atoms with Crippen LogP contribution < -0.4 is 5.63 Å². The summed E-state index contributed by atoms with van der Waals surface area (Å²) in [7, 11) is 0. The molecule has 126 valence electrons. The highest BCUT2D eigenvalue weighted by molar-refractivity contribution is 5.81. The van der Waals surface area contributed by atoms with Crippen molar-refractivity contribution in [2.45, 2.75) is 45.6 Å². The quantitative estimate of drug-likeness (QED) is 0.630. The van der Waals surface area contributed by atoms with Gasteiger partial charge in [-0.05, 0) is 55.6 Å². The zero-order chi connectivity index (χ0) is 16.7. The van der Waals surface area contributed by atoms with Crippen molar-refractivity contribution in [3.05, 3.63) is 45.8 Å². The van der Waals surface area contributed by atoms with E-state index < -0.39 is 5.63 Å². The van der Waals surface area contributed by atoms with E-state index >= 15 is 0 Å². The lowest BCUT2D eigenvalue weighted by Crippen LogP contribution is -2.17. The minimum absolute atomic E-state index is 0.130. The molecule has 1 heterocycles. The molecule has 2 bridgehead atoms. The van der Waals surface area contributed by atoms with E-state index in [4.69, 9.17) is 9.15 Å². The molecule has 0 saturated heterocycles. The molecular formula is C20H22O4. The number of rotatable bonds is 4. The Bertz CT molecular complexity index is 835. The van der Waals surface area contributed by atoms with Crippen molar-refractivity contribution in [2.75, 3.05) is 0 Å². The van der Waals surface area contributed by atoms with Crippen molar-refractivity contribution in [1.29, 1.82) is 0 Å². The molecule has 2 saturated carbocycles. The summed E-state index contributed by atoms with van der Waals surface area (Å²) < 4.78 is 10.7.